The third-order valence-electron chi connectivity index (χ3n) is 2.41. The van der Waals surface area contributed by atoms with Crippen LogP contribution in [0.1, 0.15) is 26.7 Å². The summed E-state index contributed by atoms with van der Waals surface area (Å²) in [5, 5.41) is 5.01. The number of amides is 3. The number of rotatable bonds is 8. The van der Waals surface area contributed by atoms with Gasteiger partial charge in [-0.25, -0.2) is 0 Å². The van der Waals surface area contributed by atoms with Gasteiger partial charge in [-0.3, -0.25) is 24.2 Å². The van der Waals surface area contributed by atoms with Crippen molar-refractivity contribution in [1.82, 2.24) is 10.6 Å². The van der Waals surface area contributed by atoms with E-state index in [1.807, 2.05) is 0 Å². The normalized spacial score (nSPS) is 12.0. The smallest absolute Gasteiger partial charge is 0.245 e. The average Bonchev–Trinajstić information content (AvgIpc) is 2.45. The highest BCUT2D eigenvalue weighted by Gasteiger charge is 2.19. The number of nitrogens with zero attached hydrogens (tertiary/aromatic N) is 1. The van der Waals surface area contributed by atoms with Gasteiger partial charge in [-0.1, -0.05) is 5.92 Å². The first kappa shape index (κ1) is 20.7. The van der Waals surface area contributed by atoms with Crippen LogP contribution >= 0.6 is 11.8 Å². The number of carbonyl (C=O) groups is 4. The fraction of sp³-hybridized carbons (Fsp3) is 0.500. The summed E-state index contributed by atoms with van der Waals surface area (Å²) in [6, 6.07) is -0.908. The Morgan fingerprint density at radius 3 is 2.43 bits per heavy atom. The summed E-state index contributed by atoms with van der Waals surface area (Å²) >= 11 is 0.883. The molecule has 0 saturated carbocycles. The zero-order chi connectivity index (χ0) is 17.8. The second kappa shape index (κ2) is 11.3. The Kier molecular flexibility index (Phi) is 10.1. The van der Waals surface area contributed by atoms with Crippen LogP contribution in [0.2, 0.25) is 0 Å². The van der Waals surface area contributed by atoms with Gasteiger partial charge in [0.15, 0.2) is 5.12 Å². The summed E-state index contributed by atoms with van der Waals surface area (Å²) < 4.78 is 0. The van der Waals surface area contributed by atoms with Gasteiger partial charge in [0.25, 0.3) is 0 Å². The van der Waals surface area contributed by atoms with Crippen molar-refractivity contribution in [2.45, 2.75) is 32.7 Å². The molecule has 4 N–H and O–H groups in total. The maximum Gasteiger partial charge on any atom is 0.245 e. The predicted molar refractivity (Wildman–Crippen MR) is 88.4 cm³/mol. The number of thioether (sulfide) groups is 1. The van der Waals surface area contributed by atoms with Crippen molar-refractivity contribution in [3.8, 4) is 12.3 Å². The molecule has 9 heteroatoms. The zero-order valence-electron chi connectivity index (χ0n) is 13.0. The van der Waals surface area contributed by atoms with Gasteiger partial charge in [0.1, 0.15) is 6.04 Å². The topological polar surface area (TPSA) is 131 Å². The van der Waals surface area contributed by atoms with Crippen LogP contribution in [0.5, 0.6) is 0 Å². The first-order valence-corrected chi connectivity index (χ1v) is 7.57. The van der Waals surface area contributed by atoms with E-state index in [9.17, 15) is 19.2 Å². The molecule has 0 heterocycles. The van der Waals surface area contributed by atoms with Crippen LogP contribution in [-0.2, 0) is 19.2 Å². The lowest BCUT2D eigenvalue weighted by atomic mass is 10.1. The van der Waals surface area contributed by atoms with Crippen molar-refractivity contribution in [2.24, 2.45) is 10.7 Å². The minimum atomic E-state index is -0.908. The summed E-state index contributed by atoms with van der Waals surface area (Å²) in [5.74, 6) is 0.688. The van der Waals surface area contributed by atoms with Crippen molar-refractivity contribution in [3.63, 3.8) is 0 Å². The van der Waals surface area contributed by atoms with Gasteiger partial charge < -0.3 is 16.4 Å². The van der Waals surface area contributed by atoms with Crippen molar-refractivity contribution in [1.29, 1.82) is 0 Å². The second-order valence-electron chi connectivity index (χ2n) is 4.46. The average molecular weight is 340 g/mol. The highest BCUT2D eigenvalue weighted by Crippen LogP contribution is 2.10. The van der Waals surface area contributed by atoms with Crippen LogP contribution in [0.15, 0.2) is 4.99 Å². The fourth-order valence-corrected chi connectivity index (χ4v) is 2.08. The first-order chi connectivity index (χ1) is 10.8. The summed E-state index contributed by atoms with van der Waals surface area (Å²) in [6.45, 7) is 2.75. The predicted octanol–water partition coefficient (Wildman–Crippen LogP) is -0.816. The lowest BCUT2D eigenvalue weighted by Gasteiger charge is -2.13. The Hall–Kier alpha value is -2.34. The quantitative estimate of drug-likeness (QED) is 0.302. The van der Waals surface area contributed by atoms with E-state index in [0.29, 0.717) is 5.04 Å². The molecule has 0 spiro atoms. The van der Waals surface area contributed by atoms with Gasteiger partial charge in [-0.15, -0.1) is 6.42 Å². The number of nitrogens with one attached hydrogen (secondary N) is 2. The number of nitrogens with two attached hydrogens (primary N) is 1. The maximum atomic E-state index is 12.1. The molecule has 0 bridgehead atoms. The number of terminal acetylenes is 1. The second-order valence-corrected chi connectivity index (χ2v) is 5.83. The van der Waals surface area contributed by atoms with E-state index in [-0.39, 0.29) is 31.0 Å². The van der Waals surface area contributed by atoms with Crippen molar-refractivity contribution in [2.75, 3.05) is 13.1 Å². The summed E-state index contributed by atoms with van der Waals surface area (Å²) in [4.78, 5) is 49.5. The van der Waals surface area contributed by atoms with Crippen LogP contribution in [0.25, 0.3) is 0 Å². The molecular weight excluding hydrogens is 320 g/mol. The lowest BCUT2D eigenvalue weighted by Crippen LogP contribution is -2.41. The monoisotopic (exact) mass is 340 g/mol. The molecule has 0 rings (SSSR count). The minimum absolute atomic E-state index is 0.0388. The Morgan fingerprint density at radius 2 is 1.91 bits per heavy atom. The summed E-state index contributed by atoms with van der Waals surface area (Å²) in [6.07, 6.45) is 5.05. The SMILES string of the molecule is C#CCNC(=O)CNC(=O)[C@H](CCC(N)=O)N=C(C)SC(C)=O. The molecule has 0 aromatic carbocycles. The minimum Gasteiger partial charge on any atom is -0.370 e. The molecule has 0 saturated heterocycles. The van der Waals surface area contributed by atoms with Gasteiger partial charge in [0.05, 0.1) is 18.1 Å². The molecule has 1 atom stereocenters. The van der Waals surface area contributed by atoms with E-state index in [0.717, 1.165) is 11.8 Å². The van der Waals surface area contributed by atoms with Gasteiger partial charge >= 0.3 is 0 Å². The van der Waals surface area contributed by atoms with Gasteiger partial charge in [-0.2, -0.15) is 0 Å². The number of hydrogen-bond acceptors (Lipinski definition) is 6. The Bertz CT molecular complexity index is 539. The molecule has 0 aromatic heterocycles. The zero-order valence-corrected chi connectivity index (χ0v) is 13.9. The number of carbonyl (C=O) groups excluding carboxylic acids is 4. The standard InChI is InChI=1S/C14H20N4O4S/c1-4-7-16-13(21)8-17-14(22)11(5-6-12(15)20)18-9(2)23-10(3)19/h1,11H,5-8H2,2-3H3,(H2,15,20)(H,16,21)(H,17,22)/t11-/m0/s1. The molecule has 23 heavy (non-hydrogen) atoms. The lowest BCUT2D eigenvalue weighted by molar-refractivity contribution is -0.127. The van der Waals surface area contributed by atoms with E-state index in [4.69, 9.17) is 12.2 Å². The van der Waals surface area contributed by atoms with Crippen LogP contribution in [0.3, 0.4) is 0 Å². The summed E-state index contributed by atoms with van der Waals surface area (Å²) in [5.41, 5.74) is 5.07. The van der Waals surface area contributed by atoms with Crippen LogP contribution in [0, 0.1) is 12.3 Å². The highest BCUT2D eigenvalue weighted by molar-refractivity contribution is 8.26. The van der Waals surface area contributed by atoms with E-state index in [1.165, 1.54) is 6.92 Å². The molecule has 0 unspecified atom stereocenters. The van der Waals surface area contributed by atoms with Crippen LogP contribution < -0.4 is 16.4 Å². The Balaban J connectivity index is 4.74. The number of aliphatic imine (C=N–C) groups is 1. The van der Waals surface area contributed by atoms with Crippen molar-refractivity contribution in [3.05, 3.63) is 0 Å². The molecule has 0 aromatic rings. The van der Waals surface area contributed by atoms with E-state index < -0.39 is 23.8 Å². The maximum absolute atomic E-state index is 12.1. The van der Waals surface area contributed by atoms with Crippen LogP contribution in [-0.4, -0.2) is 47.0 Å². The molecule has 0 aliphatic rings. The Labute approximate surface area is 139 Å². The van der Waals surface area contributed by atoms with E-state index >= 15 is 0 Å². The molecule has 0 aliphatic carbocycles. The molecule has 0 aliphatic heterocycles. The molecular formula is C14H20N4O4S. The molecule has 0 fully saturated rings. The van der Waals surface area contributed by atoms with Gasteiger partial charge in [0, 0.05) is 13.3 Å². The molecule has 126 valence electrons. The van der Waals surface area contributed by atoms with E-state index in [2.05, 4.69) is 21.5 Å². The Morgan fingerprint density at radius 1 is 1.26 bits per heavy atom. The first-order valence-electron chi connectivity index (χ1n) is 6.75. The third-order valence-corrected chi connectivity index (χ3v) is 3.09. The van der Waals surface area contributed by atoms with Crippen molar-refractivity contribution >= 4 is 39.6 Å². The summed E-state index contributed by atoms with van der Waals surface area (Å²) in [7, 11) is 0. The largest absolute Gasteiger partial charge is 0.370 e. The molecule has 0 radical (unpaired) electrons. The molecule has 3 amide bonds. The highest BCUT2D eigenvalue weighted by atomic mass is 32.2. The van der Waals surface area contributed by atoms with Crippen LogP contribution in [0.4, 0.5) is 0 Å². The number of hydrogen-bond donors (Lipinski definition) is 3. The van der Waals surface area contributed by atoms with Gasteiger partial charge in [-0.05, 0) is 25.1 Å². The van der Waals surface area contributed by atoms with E-state index in [1.54, 1.807) is 6.92 Å². The third kappa shape index (κ3) is 11.0. The fourth-order valence-electron chi connectivity index (χ4n) is 1.48. The molecule has 8 nitrogen and oxygen atoms in total. The van der Waals surface area contributed by atoms with Crippen molar-refractivity contribution < 1.29 is 19.2 Å². The number of primary amides is 1. The van der Waals surface area contributed by atoms with Gasteiger partial charge in [0.2, 0.25) is 17.7 Å².